The zero-order chi connectivity index (χ0) is 24.7. The average molecular weight is 496 g/mol. The lowest BCUT2D eigenvalue weighted by molar-refractivity contribution is -0.125. The van der Waals surface area contributed by atoms with Gasteiger partial charge in [-0.1, -0.05) is 6.07 Å². The number of carbonyl (C=O) groups is 3. The Balaban J connectivity index is 1.53. The van der Waals surface area contributed by atoms with Gasteiger partial charge >= 0.3 is 6.61 Å². The summed E-state index contributed by atoms with van der Waals surface area (Å²) in [4.78, 5) is 37.8. The summed E-state index contributed by atoms with van der Waals surface area (Å²) in [5.74, 6) is -1.28. The molecule has 1 heterocycles. The maximum Gasteiger partial charge on any atom is 0.387 e. The van der Waals surface area contributed by atoms with Gasteiger partial charge in [-0.15, -0.1) is 0 Å². The Kier molecular flexibility index (Phi) is 8.41. The highest BCUT2D eigenvalue weighted by Crippen LogP contribution is 2.34. The van der Waals surface area contributed by atoms with E-state index in [0.717, 1.165) is 4.90 Å². The number of hydrogen-bond donors (Lipinski definition) is 1. The van der Waals surface area contributed by atoms with E-state index in [9.17, 15) is 27.6 Å². The van der Waals surface area contributed by atoms with Gasteiger partial charge in [-0.2, -0.15) is 8.78 Å². The molecule has 0 unspecified atom stereocenters. The number of ether oxygens (including phenoxy) is 3. The van der Waals surface area contributed by atoms with E-state index < -0.39 is 29.5 Å². The zero-order valence-electron chi connectivity index (χ0n) is 17.8. The second-order valence-electron chi connectivity index (χ2n) is 6.71. The van der Waals surface area contributed by atoms with E-state index in [1.165, 1.54) is 55.7 Å². The lowest BCUT2D eigenvalue weighted by Gasteiger charge is -2.13. The van der Waals surface area contributed by atoms with E-state index in [0.29, 0.717) is 23.1 Å². The first-order valence-corrected chi connectivity index (χ1v) is 10.6. The molecular weight excluding hydrogens is 477 g/mol. The number of benzene rings is 2. The van der Waals surface area contributed by atoms with Gasteiger partial charge < -0.3 is 19.5 Å². The van der Waals surface area contributed by atoms with E-state index >= 15 is 0 Å². The maximum absolute atomic E-state index is 12.9. The molecule has 0 saturated carbocycles. The summed E-state index contributed by atoms with van der Waals surface area (Å²) in [6, 6.07) is 9.26. The predicted molar refractivity (Wildman–Crippen MR) is 117 cm³/mol. The smallest absolute Gasteiger partial charge is 0.387 e. The number of rotatable bonds is 10. The minimum Gasteiger partial charge on any atom is -0.493 e. The van der Waals surface area contributed by atoms with E-state index in [4.69, 9.17) is 9.47 Å². The molecule has 0 bridgehead atoms. The van der Waals surface area contributed by atoms with Crippen molar-refractivity contribution in [2.75, 3.05) is 26.8 Å². The second-order valence-corrected chi connectivity index (χ2v) is 7.71. The highest BCUT2D eigenvalue weighted by Gasteiger charge is 2.34. The van der Waals surface area contributed by atoms with Gasteiger partial charge in [-0.25, -0.2) is 4.39 Å². The van der Waals surface area contributed by atoms with Crippen LogP contribution in [0.15, 0.2) is 47.4 Å². The quantitative estimate of drug-likeness (QED) is 0.502. The van der Waals surface area contributed by atoms with Gasteiger partial charge in [0.1, 0.15) is 11.6 Å². The van der Waals surface area contributed by atoms with Crippen molar-refractivity contribution in [1.82, 2.24) is 10.2 Å². The number of halogens is 3. The molecule has 3 amide bonds. The first-order chi connectivity index (χ1) is 16.3. The van der Waals surface area contributed by atoms with Gasteiger partial charge in [-0.3, -0.25) is 19.3 Å². The molecule has 3 rings (SSSR count). The molecule has 34 heavy (non-hydrogen) atoms. The third kappa shape index (κ3) is 6.67. The SMILES string of the molecule is COc1cc(/C=C2\SC(=O)N(CCNC(=O)COc3ccc(F)cc3)C2=O)ccc1OC(F)F. The number of nitrogens with zero attached hydrogens (tertiary/aromatic N) is 1. The summed E-state index contributed by atoms with van der Waals surface area (Å²) in [7, 11) is 1.28. The number of nitrogens with one attached hydrogen (secondary N) is 1. The fourth-order valence-electron chi connectivity index (χ4n) is 2.85. The molecule has 1 N–H and O–H groups in total. The summed E-state index contributed by atoms with van der Waals surface area (Å²) in [5, 5.41) is 2.01. The molecule has 1 aliphatic heterocycles. The Morgan fingerprint density at radius 1 is 1.15 bits per heavy atom. The summed E-state index contributed by atoms with van der Waals surface area (Å²) in [6.45, 7) is -3.40. The average Bonchev–Trinajstić information content (AvgIpc) is 3.06. The van der Waals surface area contributed by atoms with Crippen LogP contribution in [-0.2, 0) is 9.59 Å². The van der Waals surface area contributed by atoms with E-state index in [2.05, 4.69) is 10.1 Å². The minimum atomic E-state index is -3.02. The van der Waals surface area contributed by atoms with Crippen LogP contribution >= 0.6 is 11.8 Å². The van der Waals surface area contributed by atoms with Crippen LogP contribution < -0.4 is 19.5 Å². The largest absolute Gasteiger partial charge is 0.493 e. The number of hydrogen-bond acceptors (Lipinski definition) is 7. The highest BCUT2D eigenvalue weighted by atomic mass is 32.2. The van der Waals surface area contributed by atoms with Gasteiger partial charge in [0, 0.05) is 13.1 Å². The highest BCUT2D eigenvalue weighted by molar-refractivity contribution is 8.18. The summed E-state index contributed by atoms with van der Waals surface area (Å²) < 4.78 is 52.4. The van der Waals surface area contributed by atoms with Gasteiger partial charge in [0.05, 0.1) is 12.0 Å². The molecule has 8 nitrogen and oxygen atoms in total. The molecule has 0 radical (unpaired) electrons. The van der Waals surface area contributed by atoms with Crippen molar-refractivity contribution in [1.29, 1.82) is 0 Å². The normalized spacial score (nSPS) is 14.6. The van der Waals surface area contributed by atoms with Crippen LogP contribution in [0.4, 0.5) is 18.0 Å². The van der Waals surface area contributed by atoms with Crippen LogP contribution in [0.5, 0.6) is 17.2 Å². The molecule has 0 aromatic heterocycles. The van der Waals surface area contributed by atoms with Crippen molar-refractivity contribution >= 4 is 34.9 Å². The van der Waals surface area contributed by atoms with Crippen molar-refractivity contribution in [3.63, 3.8) is 0 Å². The maximum atomic E-state index is 12.9. The topological polar surface area (TPSA) is 94.2 Å². The summed E-state index contributed by atoms with van der Waals surface area (Å²) >= 11 is 0.711. The molecular formula is C22H19F3N2O6S. The lowest BCUT2D eigenvalue weighted by atomic mass is 10.2. The van der Waals surface area contributed by atoms with Crippen LogP contribution in [0, 0.1) is 5.82 Å². The number of imide groups is 1. The molecule has 12 heteroatoms. The van der Waals surface area contributed by atoms with Gasteiger partial charge in [0.15, 0.2) is 18.1 Å². The van der Waals surface area contributed by atoms with Gasteiger partial charge in [0.25, 0.3) is 17.1 Å². The minimum absolute atomic E-state index is 0.00438. The van der Waals surface area contributed by atoms with Crippen molar-refractivity contribution in [2.45, 2.75) is 6.61 Å². The third-order valence-electron chi connectivity index (χ3n) is 4.42. The van der Waals surface area contributed by atoms with Crippen molar-refractivity contribution in [3.05, 3.63) is 58.8 Å². The van der Waals surface area contributed by atoms with Crippen LogP contribution in [0.2, 0.25) is 0 Å². The standard InChI is InChI=1S/C22H19F3N2O6S/c1-31-17-10-13(2-7-16(17)33-21(24)25)11-18-20(29)27(22(30)34-18)9-8-26-19(28)12-32-15-5-3-14(23)4-6-15/h2-7,10-11,21H,8-9,12H2,1H3,(H,26,28)/b18-11-. The number of alkyl halides is 2. The Hall–Kier alpha value is -3.67. The van der Waals surface area contributed by atoms with Crippen LogP contribution in [0.25, 0.3) is 6.08 Å². The van der Waals surface area contributed by atoms with E-state index in [-0.39, 0.29) is 36.1 Å². The molecule has 1 aliphatic rings. The van der Waals surface area contributed by atoms with Gasteiger partial charge in [-0.05, 0) is 59.8 Å². The first kappa shape index (κ1) is 25.0. The second kappa shape index (κ2) is 11.5. The lowest BCUT2D eigenvalue weighted by Crippen LogP contribution is -2.38. The van der Waals surface area contributed by atoms with E-state index in [1.54, 1.807) is 0 Å². The monoisotopic (exact) mass is 496 g/mol. The van der Waals surface area contributed by atoms with Crippen molar-refractivity contribution in [3.8, 4) is 17.2 Å². The van der Waals surface area contributed by atoms with Crippen LogP contribution in [-0.4, -0.2) is 55.4 Å². The fraction of sp³-hybridized carbons (Fsp3) is 0.227. The summed E-state index contributed by atoms with van der Waals surface area (Å²) in [5.41, 5.74) is 0.440. The number of thioether (sulfide) groups is 1. The van der Waals surface area contributed by atoms with Crippen LogP contribution in [0.3, 0.4) is 0 Å². The zero-order valence-corrected chi connectivity index (χ0v) is 18.6. The molecule has 2 aromatic carbocycles. The first-order valence-electron chi connectivity index (χ1n) is 9.80. The Bertz CT molecular complexity index is 1090. The Morgan fingerprint density at radius 3 is 2.56 bits per heavy atom. The fourth-order valence-corrected chi connectivity index (χ4v) is 3.71. The van der Waals surface area contributed by atoms with Crippen LogP contribution in [0.1, 0.15) is 5.56 Å². The number of methoxy groups -OCH3 is 1. The van der Waals surface area contributed by atoms with Gasteiger partial charge in [0.2, 0.25) is 0 Å². The summed E-state index contributed by atoms with van der Waals surface area (Å²) in [6.07, 6.45) is 1.43. The Labute approximate surface area is 196 Å². The number of carbonyl (C=O) groups excluding carboxylic acids is 3. The predicted octanol–water partition coefficient (Wildman–Crippen LogP) is 3.67. The number of amides is 3. The molecule has 180 valence electrons. The molecule has 2 aromatic rings. The molecule has 1 saturated heterocycles. The molecule has 0 atom stereocenters. The van der Waals surface area contributed by atoms with Crippen molar-refractivity contribution in [2.24, 2.45) is 0 Å². The van der Waals surface area contributed by atoms with E-state index in [1.807, 2.05) is 0 Å². The third-order valence-corrected chi connectivity index (χ3v) is 5.32. The Morgan fingerprint density at radius 2 is 1.88 bits per heavy atom. The van der Waals surface area contributed by atoms with Crippen molar-refractivity contribution < 1.29 is 41.8 Å². The molecule has 1 fully saturated rings. The molecule has 0 aliphatic carbocycles. The molecule has 0 spiro atoms.